The van der Waals surface area contributed by atoms with Gasteiger partial charge in [-0.15, -0.1) is 0 Å². The van der Waals surface area contributed by atoms with Gasteiger partial charge in [0.2, 0.25) is 5.91 Å². The highest BCUT2D eigenvalue weighted by Crippen LogP contribution is 2.36. The molecule has 110 valence electrons. The molecule has 1 unspecified atom stereocenters. The van der Waals surface area contributed by atoms with Gasteiger partial charge in [0.1, 0.15) is 5.54 Å². The molecule has 3 amide bonds. The van der Waals surface area contributed by atoms with Crippen molar-refractivity contribution in [2.75, 3.05) is 0 Å². The molecular formula is C16H18N2O3. The van der Waals surface area contributed by atoms with Gasteiger partial charge in [-0.05, 0) is 43.9 Å². The average Bonchev–Trinajstić information content (AvgIpc) is 2.79. The molecule has 2 heterocycles. The van der Waals surface area contributed by atoms with Crippen LogP contribution in [0.4, 0.5) is 0 Å². The topological polar surface area (TPSA) is 66.5 Å². The second-order valence-electron chi connectivity index (χ2n) is 6.10. The summed E-state index contributed by atoms with van der Waals surface area (Å²) in [5.41, 5.74) is 2.73. The van der Waals surface area contributed by atoms with E-state index in [1.807, 2.05) is 26.0 Å². The van der Waals surface area contributed by atoms with Crippen molar-refractivity contribution >= 4 is 17.7 Å². The van der Waals surface area contributed by atoms with Crippen molar-refractivity contribution in [3.63, 3.8) is 0 Å². The lowest BCUT2D eigenvalue weighted by atomic mass is 9.89. The highest BCUT2D eigenvalue weighted by Gasteiger charge is 2.48. The number of hydrogen-bond acceptors (Lipinski definition) is 3. The normalized spacial score (nSPS) is 25.1. The third kappa shape index (κ3) is 1.87. The van der Waals surface area contributed by atoms with Crippen LogP contribution in [0.5, 0.6) is 0 Å². The van der Waals surface area contributed by atoms with Crippen LogP contribution in [-0.2, 0) is 16.1 Å². The van der Waals surface area contributed by atoms with Crippen molar-refractivity contribution in [3.05, 3.63) is 34.4 Å². The lowest BCUT2D eigenvalue weighted by Gasteiger charge is -2.39. The van der Waals surface area contributed by atoms with E-state index in [2.05, 4.69) is 5.32 Å². The van der Waals surface area contributed by atoms with Crippen molar-refractivity contribution in [1.29, 1.82) is 0 Å². The van der Waals surface area contributed by atoms with Crippen molar-refractivity contribution in [2.45, 2.75) is 45.7 Å². The minimum absolute atomic E-state index is 0.113. The Labute approximate surface area is 123 Å². The Morgan fingerprint density at radius 1 is 1.14 bits per heavy atom. The summed E-state index contributed by atoms with van der Waals surface area (Å²) in [6.45, 7) is 6.05. The summed E-state index contributed by atoms with van der Waals surface area (Å²) in [6, 6.07) is 3.93. The number of rotatable bonds is 1. The number of benzene rings is 1. The Morgan fingerprint density at radius 2 is 1.81 bits per heavy atom. The standard InChI is InChI=1S/C16H18N2O3/c1-9-4-5-10(2)13-11(9)8-18(14(13)20)16(3)7-6-12(19)17-15(16)21/h4-5H,6-8H2,1-3H3,(H,17,19,21). The first-order valence-electron chi connectivity index (χ1n) is 7.10. The predicted octanol–water partition coefficient (Wildman–Crippen LogP) is 1.45. The number of carbonyl (C=O) groups is 3. The molecule has 5 nitrogen and oxygen atoms in total. The lowest BCUT2D eigenvalue weighted by molar-refractivity contribution is -0.142. The maximum absolute atomic E-state index is 12.8. The first-order chi connectivity index (χ1) is 9.84. The predicted molar refractivity (Wildman–Crippen MR) is 76.6 cm³/mol. The van der Waals surface area contributed by atoms with Crippen LogP contribution in [0.1, 0.15) is 46.8 Å². The van der Waals surface area contributed by atoms with Crippen molar-refractivity contribution in [2.24, 2.45) is 0 Å². The molecule has 21 heavy (non-hydrogen) atoms. The number of fused-ring (bicyclic) bond motifs is 1. The van der Waals surface area contributed by atoms with Crippen LogP contribution in [0.3, 0.4) is 0 Å². The summed E-state index contributed by atoms with van der Waals surface area (Å²) in [5.74, 6) is -0.762. The van der Waals surface area contributed by atoms with Gasteiger partial charge < -0.3 is 4.90 Å². The summed E-state index contributed by atoms with van der Waals surface area (Å²) in [7, 11) is 0. The summed E-state index contributed by atoms with van der Waals surface area (Å²) in [4.78, 5) is 38.0. The molecule has 0 bridgehead atoms. The van der Waals surface area contributed by atoms with Gasteiger partial charge in [0.15, 0.2) is 0 Å². The molecule has 1 aromatic rings. The molecule has 3 rings (SSSR count). The molecule has 5 heteroatoms. The zero-order valence-corrected chi connectivity index (χ0v) is 12.4. The van der Waals surface area contributed by atoms with Crippen LogP contribution in [-0.4, -0.2) is 28.2 Å². The van der Waals surface area contributed by atoms with Gasteiger partial charge in [-0.25, -0.2) is 0 Å². The highest BCUT2D eigenvalue weighted by molar-refractivity contribution is 6.07. The van der Waals surface area contributed by atoms with E-state index in [1.165, 1.54) is 0 Å². The Hall–Kier alpha value is -2.17. The fourth-order valence-electron chi connectivity index (χ4n) is 3.19. The molecule has 1 atom stereocenters. The zero-order valence-electron chi connectivity index (χ0n) is 12.4. The number of amides is 3. The number of hydrogen-bond donors (Lipinski definition) is 1. The number of piperidine rings is 1. The van der Waals surface area contributed by atoms with Crippen molar-refractivity contribution < 1.29 is 14.4 Å². The molecule has 1 aromatic carbocycles. The van der Waals surface area contributed by atoms with Gasteiger partial charge >= 0.3 is 0 Å². The fourth-order valence-corrected chi connectivity index (χ4v) is 3.19. The van der Waals surface area contributed by atoms with E-state index in [0.717, 1.165) is 16.7 Å². The Balaban J connectivity index is 2.02. The van der Waals surface area contributed by atoms with Gasteiger partial charge in [-0.1, -0.05) is 12.1 Å². The molecular weight excluding hydrogens is 268 g/mol. The first kappa shape index (κ1) is 13.8. The summed E-state index contributed by atoms with van der Waals surface area (Å²) in [6.07, 6.45) is 0.635. The Kier molecular flexibility index (Phi) is 2.90. The van der Waals surface area contributed by atoms with E-state index in [1.54, 1.807) is 11.8 Å². The average molecular weight is 286 g/mol. The minimum atomic E-state index is -0.955. The second kappa shape index (κ2) is 4.41. The van der Waals surface area contributed by atoms with Gasteiger partial charge in [0, 0.05) is 18.5 Å². The third-order valence-corrected chi connectivity index (χ3v) is 4.71. The summed E-state index contributed by atoms with van der Waals surface area (Å²) < 4.78 is 0. The molecule has 0 aliphatic carbocycles. The van der Waals surface area contributed by atoms with Crippen LogP contribution < -0.4 is 5.32 Å². The SMILES string of the molecule is Cc1ccc(C)c2c1CN(C1(C)CCC(=O)NC1=O)C2=O. The fraction of sp³-hybridized carbons (Fsp3) is 0.438. The molecule has 1 fully saturated rings. The molecule has 0 aromatic heterocycles. The zero-order chi connectivity index (χ0) is 15.4. The molecule has 2 aliphatic rings. The van der Waals surface area contributed by atoms with Crippen LogP contribution in [0.25, 0.3) is 0 Å². The van der Waals surface area contributed by atoms with E-state index in [9.17, 15) is 14.4 Å². The van der Waals surface area contributed by atoms with E-state index in [-0.39, 0.29) is 24.1 Å². The quantitative estimate of drug-likeness (QED) is 0.795. The van der Waals surface area contributed by atoms with Crippen LogP contribution >= 0.6 is 0 Å². The number of nitrogens with zero attached hydrogens (tertiary/aromatic N) is 1. The molecule has 1 saturated heterocycles. The first-order valence-corrected chi connectivity index (χ1v) is 7.10. The Morgan fingerprint density at radius 3 is 2.43 bits per heavy atom. The molecule has 1 N–H and O–H groups in total. The van der Waals surface area contributed by atoms with Crippen LogP contribution in [0, 0.1) is 13.8 Å². The van der Waals surface area contributed by atoms with E-state index in [4.69, 9.17) is 0 Å². The van der Waals surface area contributed by atoms with Gasteiger partial charge in [-0.2, -0.15) is 0 Å². The van der Waals surface area contributed by atoms with Gasteiger partial charge in [0.25, 0.3) is 11.8 Å². The highest BCUT2D eigenvalue weighted by atomic mass is 16.2. The van der Waals surface area contributed by atoms with Crippen LogP contribution in [0.15, 0.2) is 12.1 Å². The van der Waals surface area contributed by atoms with E-state index >= 15 is 0 Å². The van der Waals surface area contributed by atoms with E-state index in [0.29, 0.717) is 18.5 Å². The van der Waals surface area contributed by atoms with Crippen molar-refractivity contribution in [1.82, 2.24) is 10.2 Å². The van der Waals surface area contributed by atoms with Gasteiger partial charge in [0.05, 0.1) is 0 Å². The number of carbonyl (C=O) groups excluding carboxylic acids is 3. The number of aryl methyl sites for hydroxylation is 2. The maximum Gasteiger partial charge on any atom is 0.255 e. The van der Waals surface area contributed by atoms with Crippen molar-refractivity contribution in [3.8, 4) is 0 Å². The summed E-state index contributed by atoms with van der Waals surface area (Å²) in [5, 5.41) is 2.35. The summed E-state index contributed by atoms with van der Waals surface area (Å²) >= 11 is 0. The third-order valence-electron chi connectivity index (χ3n) is 4.71. The molecule has 0 saturated carbocycles. The largest absolute Gasteiger partial charge is 0.320 e. The lowest BCUT2D eigenvalue weighted by Crippen LogP contribution is -2.61. The molecule has 0 spiro atoms. The van der Waals surface area contributed by atoms with Crippen LogP contribution in [0.2, 0.25) is 0 Å². The second-order valence-corrected chi connectivity index (χ2v) is 6.10. The number of imide groups is 1. The molecule has 2 aliphatic heterocycles. The minimum Gasteiger partial charge on any atom is -0.320 e. The van der Waals surface area contributed by atoms with Gasteiger partial charge in [-0.3, -0.25) is 19.7 Å². The monoisotopic (exact) mass is 286 g/mol. The van der Waals surface area contributed by atoms with E-state index < -0.39 is 5.54 Å². The smallest absolute Gasteiger partial charge is 0.255 e. The number of nitrogens with one attached hydrogen (secondary N) is 1. The maximum atomic E-state index is 12.8. The molecule has 0 radical (unpaired) electrons. The Bertz CT molecular complexity index is 680.